The molecule has 51 heavy (non-hydrogen) atoms. The van der Waals surface area contributed by atoms with Crippen molar-refractivity contribution in [2.75, 3.05) is 13.7 Å². The molecule has 0 spiro atoms. The van der Waals surface area contributed by atoms with Crippen LogP contribution < -0.4 is 0 Å². The first-order valence-electron chi connectivity index (χ1n) is 14.9. The van der Waals surface area contributed by atoms with Crippen LogP contribution >= 0.6 is 73.3 Å². The maximum absolute atomic E-state index is 10.9. The number of carbonyl (C=O) groups is 2. The van der Waals surface area contributed by atoms with Gasteiger partial charge in [-0.25, -0.2) is 19.8 Å². The van der Waals surface area contributed by atoms with E-state index < -0.39 is 6.09 Å². The SMILES string of the molecule is CC(C)(C)CC(C)(C)N=C=S.CC(C)(C)N=C=S.CCOC(=O)N=C=S.CN=C=S.Cc1ccc(N=C=S)cc1.O=C(N=C=S)c1ccccc1. The van der Waals surface area contributed by atoms with Crippen LogP contribution in [0, 0.1) is 12.3 Å². The highest BCUT2D eigenvalue weighted by atomic mass is 32.1. The highest BCUT2D eigenvalue weighted by Gasteiger charge is 2.24. The Balaban J connectivity index is -0.000000266. The summed E-state index contributed by atoms with van der Waals surface area (Å²) in [4.78, 5) is 42.5. The van der Waals surface area contributed by atoms with Gasteiger partial charge in [-0.3, -0.25) is 4.79 Å². The molecule has 0 atom stereocenters. The minimum absolute atomic E-state index is 0.0399. The third-order valence-electron chi connectivity index (χ3n) is 4.56. The number of hydrogen-bond acceptors (Lipinski definition) is 13. The molecule has 0 aliphatic carbocycles. The smallest absolute Gasteiger partial charge is 0.442 e. The van der Waals surface area contributed by atoms with Crippen LogP contribution in [0.15, 0.2) is 84.6 Å². The van der Waals surface area contributed by atoms with Gasteiger partial charge < -0.3 is 4.74 Å². The van der Waals surface area contributed by atoms with Crippen molar-refractivity contribution >= 4 is 122 Å². The molecule has 0 unspecified atom stereocenters. The van der Waals surface area contributed by atoms with Gasteiger partial charge in [0.25, 0.3) is 5.91 Å². The van der Waals surface area contributed by atoms with Gasteiger partial charge in [0.1, 0.15) is 0 Å². The molecule has 0 N–H and O–H groups in total. The summed E-state index contributed by atoms with van der Waals surface area (Å²) < 4.78 is 4.35. The van der Waals surface area contributed by atoms with Crippen LogP contribution in [-0.2, 0) is 4.74 Å². The Morgan fingerprint density at radius 3 is 1.51 bits per heavy atom. The highest BCUT2D eigenvalue weighted by molar-refractivity contribution is 7.79. The Bertz CT molecular complexity index is 1600. The predicted molar refractivity (Wildman–Crippen MR) is 233 cm³/mol. The Kier molecular flexibility index (Phi) is 35.6. The van der Waals surface area contributed by atoms with Crippen molar-refractivity contribution in [3.05, 3.63) is 65.7 Å². The Morgan fingerprint density at radius 2 is 1.18 bits per heavy atom. The number of rotatable bonds is 5. The van der Waals surface area contributed by atoms with E-state index in [9.17, 15) is 9.59 Å². The van der Waals surface area contributed by atoms with Crippen molar-refractivity contribution in [1.82, 2.24) is 0 Å². The summed E-state index contributed by atoms with van der Waals surface area (Å²) in [5.74, 6) is -0.347. The lowest BCUT2D eigenvalue weighted by Crippen LogP contribution is -2.24. The van der Waals surface area contributed by atoms with E-state index in [0.29, 0.717) is 17.6 Å². The van der Waals surface area contributed by atoms with E-state index in [2.05, 4.69) is 163 Å². The fourth-order valence-corrected chi connectivity index (χ4v) is 3.93. The molecule has 0 bridgehead atoms. The molecule has 2 amide bonds. The number of ether oxygens (including phenoxy) is 1. The van der Waals surface area contributed by atoms with E-state index in [1.807, 2.05) is 68.3 Å². The second kappa shape index (κ2) is 33.5. The topological polar surface area (TPSA) is 118 Å². The Hall–Kier alpha value is -3.62. The number of carbonyl (C=O) groups excluding carboxylic acids is 2. The van der Waals surface area contributed by atoms with Crippen LogP contribution in [0.3, 0.4) is 0 Å². The van der Waals surface area contributed by atoms with Crippen molar-refractivity contribution in [3.63, 3.8) is 0 Å². The van der Waals surface area contributed by atoms with Crippen LogP contribution in [0.25, 0.3) is 0 Å². The van der Waals surface area contributed by atoms with Crippen LogP contribution in [-0.4, -0.2) is 67.7 Å². The summed E-state index contributed by atoms with van der Waals surface area (Å²) in [6, 6.07) is 16.5. The quantitative estimate of drug-likeness (QED) is 0.215. The van der Waals surface area contributed by atoms with Gasteiger partial charge >= 0.3 is 6.09 Å². The number of nitrogens with zero attached hydrogens (tertiary/aromatic N) is 6. The van der Waals surface area contributed by atoms with Crippen molar-refractivity contribution in [2.24, 2.45) is 35.4 Å². The second-order valence-electron chi connectivity index (χ2n) is 12.3. The molecule has 0 aliphatic rings. The molecular formula is C36H46N6O3S6. The van der Waals surface area contributed by atoms with Gasteiger partial charge in [-0.15, -0.1) is 4.99 Å². The van der Waals surface area contributed by atoms with Crippen molar-refractivity contribution < 1.29 is 14.3 Å². The van der Waals surface area contributed by atoms with Gasteiger partial charge in [-0.05, 0) is 158 Å². The second-order valence-corrected chi connectivity index (χ2v) is 13.4. The average Bonchev–Trinajstić information content (AvgIpc) is 3.03. The summed E-state index contributed by atoms with van der Waals surface area (Å²) in [6.07, 6.45) is 0.353. The third-order valence-corrected chi connectivity index (χ3v) is 5.20. The largest absolute Gasteiger partial charge is 0.448 e. The molecule has 0 fully saturated rings. The molecule has 0 aliphatic heterocycles. The molecule has 15 heteroatoms. The van der Waals surface area contributed by atoms with E-state index in [4.69, 9.17) is 0 Å². The zero-order chi connectivity index (χ0) is 40.4. The summed E-state index contributed by atoms with van der Waals surface area (Å²) in [5, 5.41) is 13.1. The van der Waals surface area contributed by atoms with Gasteiger partial charge in [0, 0.05) is 12.6 Å². The lowest BCUT2D eigenvalue weighted by molar-refractivity contribution is 0.100. The standard InChI is InChI=1S/C9H17NS.C8H5NOS.C8H7NS.C5H9NS.C4H5NO2S.C2H3NS/c1-8(2,3)6-9(4,5)10-7-11;10-8(9-6-11)7-4-2-1-3-5-7;1-7-2-4-8(5-3-7)9-6-10;1-5(2,3)6-4-7;1-2-7-4(6)5-3-8;1-3-2-4/h6H2,1-5H3;1-5H;2-5H,1H3;1-3H3;2H2,1H3;1H3. The molecule has 0 saturated carbocycles. The number of amides is 2. The molecule has 2 aromatic rings. The average molecular weight is 803 g/mol. The van der Waals surface area contributed by atoms with Gasteiger partial charge in [0.2, 0.25) is 0 Å². The predicted octanol–water partition coefficient (Wildman–Crippen LogP) is 11.8. The minimum Gasteiger partial charge on any atom is -0.448 e. The van der Waals surface area contributed by atoms with Crippen LogP contribution in [0.5, 0.6) is 0 Å². The molecule has 0 radical (unpaired) electrons. The van der Waals surface area contributed by atoms with Gasteiger partial charge in [-0.2, -0.15) is 9.98 Å². The number of isothiocyanates is 6. The summed E-state index contributed by atoms with van der Waals surface area (Å²) in [6.45, 7) is 20.7. The van der Waals surface area contributed by atoms with Gasteiger partial charge in [0.15, 0.2) is 0 Å². The minimum atomic E-state index is -0.678. The number of benzene rings is 2. The molecule has 2 aromatic carbocycles. The fraction of sp³-hybridized carbons (Fsp3) is 0.444. The lowest BCUT2D eigenvalue weighted by Gasteiger charge is -2.27. The molecule has 9 nitrogen and oxygen atoms in total. The number of hydrogen-bond donors (Lipinski definition) is 0. The molecule has 0 aromatic heterocycles. The van der Waals surface area contributed by atoms with Crippen LogP contribution in [0.4, 0.5) is 10.5 Å². The number of aryl methyl sites for hydroxylation is 1. The zero-order valence-electron chi connectivity index (χ0n) is 31.0. The van der Waals surface area contributed by atoms with Crippen molar-refractivity contribution in [3.8, 4) is 0 Å². The van der Waals surface area contributed by atoms with Gasteiger partial charge in [0.05, 0.1) is 54.3 Å². The molecule has 0 saturated heterocycles. The zero-order valence-corrected chi connectivity index (χ0v) is 35.9. The molecule has 2 rings (SSSR count). The van der Waals surface area contributed by atoms with E-state index in [0.717, 1.165) is 12.1 Å². The first kappa shape index (κ1) is 54.2. The summed E-state index contributed by atoms with van der Waals surface area (Å²) in [5.41, 5.74) is 2.83. The van der Waals surface area contributed by atoms with Crippen molar-refractivity contribution in [1.29, 1.82) is 0 Å². The fourth-order valence-electron chi connectivity index (χ4n) is 3.15. The molecule has 274 valence electrons. The van der Waals surface area contributed by atoms with Crippen molar-refractivity contribution in [2.45, 2.75) is 86.7 Å². The number of aliphatic imine (C=N–C) groups is 6. The van der Waals surface area contributed by atoms with Crippen LogP contribution in [0.2, 0.25) is 0 Å². The molecule has 0 heterocycles. The summed E-state index contributed by atoms with van der Waals surface area (Å²) in [7, 11) is 1.59. The first-order valence-corrected chi connectivity index (χ1v) is 17.4. The first-order chi connectivity index (χ1) is 23.7. The van der Waals surface area contributed by atoms with E-state index in [1.165, 1.54) is 5.56 Å². The van der Waals surface area contributed by atoms with E-state index >= 15 is 0 Å². The van der Waals surface area contributed by atoms with E-state index in [1.54, 1.807) is 38.2 Å². The Labute approximate surface area is 335 Å². The normalized spacial score (nSPS) is 9.00. The third kappa shape index (κ3) is 44.4. The maximum Gasteiger partial charge on any atom is 0.442 e. The summed E-state index contributed by atoms with van der Waals surface area (Å²) >= 11 is 26.0. The van der Waals surface area contributed by atoms with Crippen LogP contribution in [0.1, 0.15) is 84.7 Å². The number of thiocarbonyl (C=S) groups is 6. The molecular weight excluding hydrogens is 757 g/mol. The Morgan fingerprint density at radius 1 is 0.686 bits per heavy atom. The lowest BCUT2D eigenvalue weighted by atomic mass is 9.82. The van der Waals surface area contributed by atoms with Gasteiger partial charge in [-0.1, -0.05) is 56.7 Å². The van der Waals surface area contributed by atoms with E-state index in [-0.39, 0.29) is 17.0 Å². The highest BCUT2D eigenvalue weighted by Crippen LogP contribution is 2.28. The monoisotopic (exact) mass is 802 g/mol. The maximum atomic E-state index is 10.9.